The predicted octanol–water partition coefficient (Wildman–Crippen LogP) is 6.06. The number of carbonyl (C=O) groups excluding carboxylic acids is 1. The van der Waals surface area contributed by atoms with E-state index in [1.807, 2.05) is 26.8 Å². The molecule has 34 heavy (non-hydrogen) atoms. The number of benzene rings is 2. The molecule has 2 aromatic carbocycles. The second-order valence-electron chi connectivity index (χ2n) is 7.79. The fourth-order valence-corrected chi connectivity index (χ4v) is 3.51. The largest absolute Gasteiger partial charge is 0.457 e. The fraction of sp³-hybridized carbons (Fsp3) is 0.167. The number of non-ortho nitro benzene ring substituents is 1. The van der Waals surface area contributed by atoms with Gasteiger partial charge in [-0.15, -0.1) is 0 Å². The maximum Gasteiger partial charge on any atom is 0.291 e. The number of aromatic nitrogens is 2. The molecule has 9 nitrogen and oxygen atoms in total. The van der Waals surface area contributed by atoms with Crippen molar-refractivity contribution in [1.82, 2.24) is 9.78 Å². The van der Waals surface area contributed by atoms with Crippen LogP contribution in [0.2, 0.25) is 5.02 Å². The van der Waals surface area contributed by atoms with E-state index in [1.54, 1.807) is 35.0 Å². The Bertz CT molecular complexity index is 1390. The van der Waals surface area contributed by atoms with Gasteiger partial charge in [-0.25, -0.2) is 0 Å². The van der Waals surface area contributed by atoms with Gasteiger partial charge in [0.15, 0.2) is 5.76 Å². The molecule has 2 aromatic heterocycles. The summed E-state index contributed by atoms with van der Waals surface area (Å²) in [4.78, 5) is 23.6. The highest BCUT2D eigenvalue weighted by molar-refractivity contribution is 6.31. The lowest BCUT2D eigenvalue weighted by molar-refractivity contribution is -0.384. The first-order valence-corrected chi connectivity index (χ1v) is 10.7. The zero-order valence-corrected chi connectivity index (χ0v) is 19.4. The Hall–Kier alpha value is -4.11. The quantitative estimate of drug-likeness (QED) is 0.254. The second kappa shape index (κ2) is 9.40. The highest BCUT2D eigenvalue weighted by Gasteiger charge is 2.17. The van der Waals surface area contributed by atoms with Gasteiger partial charge in [-0.05, 0) is 62.7 Å². The van der Waals surface area contributed by atoms with Crippen molar-refractivity contribution in [3.8, 4) is 11.5 Å². The molecule has 0 aliphatic heterocycles. The van der Waals surface area contributed by atoms with Crippen LogP contribution in [-0.4, -0.2) is 20.6 Å². The standard InChI is InChI=1S/C24H21ClN4O5/c1-14-8-19(4-6-22(14)25)33-21-11-17(10-18(12-21)29(31)32)26-24(30)23-7-5-20(34-23)13-28-16(3)9-15(2)27-28/h4-12H,13H2,1-3H3,(H,26,30). The minimum absolute atomic E-state index is 0.0684. The number of hydrogen-bond donors (Lipinski definition) is 1. The van der Waals surface area contributed by atoms with Crippen LogP contribution < -0.4 is 10.1 Å². The molecule has 1 N–H and O–H groups in total. The maximum atomic E-state index is 12.7. The van der Waals surface area contributed by atoms with Gasteiger partial charge in [0.05, 0.1) is 28.9 Å². The molecule has 0 aliphatic carbocycles. The summed E-state index contributed by atoms with van der Waals surface area (Å²) in [6, 6.07) is 14.2. The average Bonchev–Trinajstić information content (AvgIpc) is 3.36. The maximum absolute atomic E-state index is 12.7. The Balaban J connectivity index is 1.53. The normalized spacial score (nSPS) is 10.8. The van der Waals surface area contributed by atoms with E-state index in [9.17, 15) is 14.9 Å². The molecule has 0 spiro atoms. The van der Waals surface area contributed by atoms with Crippen molar-refractivity contribution in [2.24, 2.45) is 0 Å². The number of ether oxygens (including phenoxy) is 1. The molecule has 0 fully saturated rings. The fourth-order valence-electron chi connectivity index (χ4n) is 3.40. The molecular weight excluding hydrogens is 460 g/mol. The number of nitro benzene ring substituents is 1. The van der Waals surface area contributed by atoms with Crippen LogP contribution in [0.15, 0.2) is 59.0 Å². The minimum atomic E-state index is -0.560. The van der Waals surface area contributed by atoms with Crippen LogP contribution in [0.3, 0.4) is 0 Å². The number of aryl methyl sites for hydroxylation is 3. The topological polar surface area (TPSA) is 112 Å². The van der Waals surface area contributed by atoms with Crippen molar-refractivity contribution in [2.75, 3.05) is 5.32 Å². The third-order valence-corrected chi connectivity index (χ3v) is 5.44. The van der Waals surface area contributed by atoms with Crippen molar-refractivity contribution < 1.29 is 18.9 Å². The Kier molecular flexibility index (Phi) is 6.38. The van der Waals surface area contributed by atoms with Crippen molar-refractivity contribution >= 4 is 28.9 Å². The Labute approximate surface area is 200 Å². The molecule has 174 valence electrons. The van der Waals surface area contributed by atoms with Gasteiger partial charge in [-0.3, -0.25) is 19.6 Å². The van der Waals surface area contributed by atoms with E-state index in [0.717, 1.165) is 17.0 Å². The summed E-state index contributed by atoms with van der Waals surface area (Å²) >= 11 is 6.04. The van der Waals surface area contributed by atoms with Gasteiger partial charge in [-0.1, -0.05) is 11.6 Å². The Morgan fingerprint density at radius 3 is 2.59 bits per heavy atom. The molecule has 0 saturated heterocycles. The lowest BCUT2D eigenvalue weighted by Gasteiger charge is -2.10. The summed E-state index contributed by atoms with van der Waals surface area (Å²) in [6.45, 7) is 6.03. The van der Waals surface area contributed by atoms with Crippen molar-refractivity contribution in [3.05, 3.63) is 98.2 Å². The highest BCUT2D eigenvalue weighted by atomic mass is 35.5. The third-order valence-electron chi connectivity index (χ3n) is 5.02. The van der Waals surface area contributed by atoms with E-state index in [4.69, 9.17) is 20.8 Å². The predicted molar refractivity (Wildman–Crippen MR) is 127 cm³/mol. The first kappa shape index (κ1) is 23.1. The van der Waals surface area contributed by atoms with Gasteiger partial charge in [0.2, 0.25) is 0 Å². The number of hydrogen-bond acceptors (Lipinski definition) is 6. The van der Waals surface area contributed by atoms with Gasteiger partial charge in [0.1, 0.15) is 17.3 Å². The lowest BCUT2D eigenvalue weighted by Crippen LogP contribution is -2.11. The van der Waals surface area contributed by atoms with Crippen LogP contribution >= 0.6 is 11.6 Å². The average molecular weight is 481 g/mol. The van der Waals surface area contributed by atoms with Crippen molar-refractivity contribution in [3.63, 3.8) is 0 Å². The van der Waals surface area contributed by atoms with Gasteiger partial charge in [-0.2, -0.15) is 5.10 Å². The van der Waals surface area contributed by atoms with Crippen LogP contribution in [-0.2, 0) is 6.54 Å². The number of rotatable bonds is 7. The molecule has 0 radical (unpaired) electrons. The summed E-state index contributed by atoms with van der Waals surface area (Å²) in [5.74, 6) is 0.722. The summed E-state index contributed by atoms with van der Waals surface area (Å²) in [5.41, 5.74) is 2.62. The van der Waals surface area contributed by atoms with Crippen LogP contribution in [0.25, 0.3) is 0 Å². The van der Waals surface area contributed by atoms with Crippen LogP contribution in [0.5, 0.6) is 11.5 Å². The zero-order chi connectivity index (χ0) is 24.4. The van der Waals surface area contributed by atoms with E-state index in [2.05, 4.69) is 10.4 Å². The molecule has 0 saturated carbocycles. The lowest BCUT2D eigenvalue weighted by atomic mass is 10.2. The molecule has 4 rings (SSSR count). The number of nitro groups is 1. The minimum Gasteiger partial charge on any atom is -0.457 e. The van der Waals surface area contributed by atoms with Gasteiger partial charge < -0.3 is 14.5 Å². The summed E-state index contributed by atoms with van der Waals surface area (Å²) in [6.07, 6.45) is 0. The first-order chi connectivity index (χ1) is 16.2. The van der Waals surface area contributed by atoms with Crippen molar-refractivity contribution in [1.29, 1.82) is 0 Å². The van der Waals surface area contributed by atoms with Crippen LogP contribution in [0.4, 0.5) is 11.4 Å². The van der Waals surface area contributed by atoms with Gasteiger partial charge >= 0.3 is 0 Å². The van der Waals surface area contributed by atoms with Crippen molar-refractivity contribution in [2.45, 2.75) is 27.3 Å². The van der Waals surface area contributed by atoms with Crippen LogP contribution in [0, 0.1) is 30.9 Å². The number of nitrogens with one attached hydrogen (secondary N) is 1. The number of amides is 1. The van der Waals surface area contributed by atoms with E-state index < -0.39 is 10.8 Å². The molecule has 0 unspecified atom stereocenters. The Morgan fingerprint density at radius 2 is 1.91 bits per heavy atom. The smallest absolute Gasteiger partial charge is 0.291 e. The molecule has 0 aliphatic rings. The highest BCUT2D eigenvalue weighted by Crippen LogP contribution is 2.31. The van der Waals surface area contributed by atoms with E-state index in [0.29, 0.717) is 23.1 Å². The van der Waals surface area contributed by atoms with Gasteiger partial charge in [0.25, 0.3) is 11.6 Å². The number of anilines is 1. The van der Waals surface area contributed by atoms with E-state index >= 15 is 0 Å². The molecular formula is C24H21ClN4O5. The molecule has 0 bridgehead atoms. The summed E-state index contributed by atoms with van der Waals surface area (Å²) in [7, 11) is 0. The van der Waals surface area contributed by atoms with E-state index in [-0.39, 0.29) is 22.9 Å². The monoisotopic (exact) mass is 480 g/mol. The Morgan fingerprint density at radius 1 is 1.12 bits per heavy atom. The third kappa shape index (κ3) is 5.26. The second-order valence-corrected chi connectivity index (χ2v) is 8.20. The molecule has 4 aromatic rings. The first-order valence-electron chi connectivity index (χ1n) is 10.3. The number of halogens is 1. The molecule has 2 heterocycles. The summed E-state index contributed by atoms with van der Waals surface area (Å²) < 4.78 is 13.2. The zero-order valence-electron chi connectivity index (χ0n) is 18.7. The molecule has 1 amide bonds. The SMILES string of the molecule is Cc1cc(C)n(Cc2ccc(C(=O)Nc3cc(Oc4ccc(Cl)c(C)c4)cc([N+](=O)[O-])c3)o2)n1. The van der Waals surface area contributed by atoms with Gasteiger partial charge in [0, 0.05) is 22.8 Å². The summed E-state index contributed by atoms with van der Waals surface area (Å²) in [5, 5.41) is 19.0. The number of nitrogens with zero attached hydrogens (tertiary/aromatic N) is 3. The van der Waals surface area contributed by atoms with Crippen LogP contribution in [0.1, 0.15) is 33.3 Å². The van der Waals surface area contributed by atoms with E-state index in [1.165, 1.54) is 18.2 Å². The molecule has 0 atom stereocenters. The molecule has 10 heteroatoms. The number of carbonyl (C=O) groups is 1. The number of furan rings is 1.